The fourth-order valence-corrected chi connectivity index (χ4v) is 4.69. The number of sulfonamides is 1. The zero-order valence-electron chi connectivity index (χ0n) is 18.9. The number of rotatable bonds is 9. The molecular formula is C23H28N4O5S. The Morgan fingerprint density at radius 2 is 1.85 bits per heavy atom. The van der Waals surface area contributed by atoms with Crippen LogP contribution >= 0.6 is 0 Å². The number of carbonyl (C=O) groups is 2. The van der Waals surface area contributed by atoms with Crippen molar-refractivity contribution in [2.24, 2.45) is 4.99 Å². The lowest BCUT2D eigenvalue weighted by molar-refractivity contribution is -0.134. The molecule has 1 aliphatic heterocycles. The summed E-state index contributed by atoms with van der Waals surface area (Å²) in [5.41, 5.74) is 1.02. The zero-order chi connectivity index (χ0) is 24.0. The van der Waals surface area contributed by atoms with E-state index >= 15 is 0 Å². The molecule has 2 N–H and O–H groups in total. The number of nitrogens with zero attached hydrogens (tertiary/aromatic N) is 2. The van der Waals surface area contributed by atoms with Crippen LogP contribution in [-0.2, 0) is 19.6 Å². The summed E-state index contributed by atoms with van der Waals surface area (Å²) in [4.78, 5) is 31.5. The van der Waals surface area contributed by atoms with Gasteiger partial charge in [-0.1, -0.05) is 31.9 Å². The summed E-state index contributed by atoms with van der Waals surface area (Å²) in [5.74, 6) is 0.104. The Labute approximate surface area is 193 Å². The second-order valence-electron chi connectivity index (χ2n) is 7.71. The lowest BCUT2D eigenvalue weighted by Crippen LogP contribution is -2.41. The van der Waals surface area contributed by atoms with E-state index in [1.54, 1.807) is 49.6 Å². The van der Waals surface area contributed by atoms with Crippen LogP contribution in [0.2, 0.25) is 0 Å². The fraction of sp³-hybridized carbons (Fsp3) is 0.348. The number of methoxy groups -OCH3 is 1. The van der Waals surface area contributed by atoms with Gasteiger partial charge in [0.1, 0.15) is 17.6 Å². The standard InChI is InChI=1S/C23H28N4O5S/c1-4-5-9-19(25-22-18-8-6-7-10-20(18)33(30,31)26-22)23(29)27(2)15-21(28)24-16-11-13-17(32-3)14-12-16/h6-8,10-14,19H,4-5,9,15H2,1-3H3,(H,24,28)(H,25,26)/t19-/m0/s1. The first kappa shape index (κ1) is 24.2. The average Bonchev–Trinajstić information content (AvgIpc) is 3.06. The van der Waals surface area contributed by atoms with E-state index in [9.17, 15) is 18.0 Å². The highest BCUT2D eigenvalue weighted by Gasteiger charge is 2.32. The highest BCUT2D eigenvalue weighted by atomic mass is 32.2. The summed E-state index contributed by atoms with van der Waals surface area (Å²) < 4.78 is 32.3. The van der Waals surface area contributed by atoms with Crippen LogP contribution in [-0.4, -0.2) is 57.7 Å². The Hall–Kier alpha value is -3.40. The highest BCUT2D eigenvalue weighted by molar-refractivity contribution is 7.90. The highest BCUT2D eigenvalue weighted by Crippen LogP contribution is 2.23. The Bertz CT molecular complexity index is 1150. The van der Waals surface area contributed by atoms with Gasteiger partial charge in [-0.05, 0) is 42.8 Å². The number of carbonyl (C=O) groups excluding carboxylic acids is 2. The summed E-state index contributed by atoms with van der Waals surface area (Å²) in [6.07, 6.45) is 2.01. The molecule has 0 radical (unpaired) electrons. The number of likely N-dealkylation sites (N-methyl/N-ethyl adjacent to an activating group) is 1. The maximum Gasteiger partial charge on any atom is 0.263 e. The summed E-state index contributed by atoms with van der Waals surface area (Å²) in [7, 11) is -0.618. The van der Waals surface area contributed by atoms with E-state index in [-0.39, 0.29) is 29.1 Å². The third-order valence-electron chi connectivity index (χ3n) is 5.19. The molecule has 9 nitrogen and oxygen atoms in total. The predicted octanol–water partition coefficient (Wildman–Crippen LogP) is 2.39. The molecule has 0 saturated carbocycles. The van der Waals surface area contributed by atoms with E-state index in [0.29, 0.717) is 23.4 Å². The van der Waals surface area contributed by atoms with Crippen molar-refractivity contribution in [3.63, 3.8) is 0 Å². The zero-order valence-corrected chi connectivity index (χ0v) is 19.7. The van der Waals surface area contributed by atoms with Crippen LogP contribution < -0.4 is 14.8 Å². The maximum absolute atomic E-state index is 13.1. The molecule has 2 aromatic rings. The van der Waals surface area contributed by atoms with Gasteiger partial charge >= 0.3 is 0 Å². The van der Waals surface area contributed by atoms with E-state index in [0.717, 1.165) is 12.8 Å². The molecule has 176 valence electrons. The molecular weight excluding hydrogens is 444 g/mol. The summed E-state index contributed by atoms with van der Waals surface area (Å²) in [5, 5.41) is 2.74. The molecule has 0 bridgehead atoms. The van der Waals surface area contributed by atoms with Crippen LogP contribution in [0, 0.1) is 0 Å². The summed E-state index contributed by atoms with van der Waals surface area (Å²) in [6, 6.07) is 12.6. The number of aliphatic imine (C=N–C) groups is 1. The molecule has 0 spiro atoms. The molecule has 0 fully saturated rings. The van der Waals surface area contributed by atoms with Crippen LogP contribution in [0.5, 0.6) is 5.75 Å². The Morgan fingerprint density at radius 3 is 2.52 bits per heavy atom. The van der Waals surface area contributed by atoms with Gasteiger partial charge in [-0.3, -0.25) is 19.3 Å². The summed E-state index contributed by atoms with van der Waals surface area (Å²) >= 11 is 0. The molecule has 2 aromatic carbocycles. The van der Waals surface area contributed by atoms with Crippen molar-refractivity contribution in [1.82, 2.24) is 9.62 Å². The van der Waals surface area contributed by atoms with Crippen molar-refractivity contribution in [3.05, 3.63) is 54.1 Å². The van der Waals surface area contributed by atoms with Gasteiger partial charge in [-0.25, -0.2) is 8.42 Å². The summed E-state index contributed by atoms with van der Waals surface area (Å²) in [6.45, 7) is 1.83. The van der Waals surface area contributed by atoms with Crippen molar-refractivity contribution in [3.8, 4) is 5.75 Å². The lowest BCUT2D eigenvalue weighted by Gasteiger charge is -2.21. The maximum atomic E-state index is 13.1. The molecule has 1 heterocycles. The minimum Gasteiger partial charge on any atom is -0.497 e. The molecule has 0 unspecified atom stereocenters. The smallest absolute Gasteiger partial charge is 0.263 e. The van der Waals surface area contributed by atoms with E-state index in [2.05, 4.69) is 15.0 Å². The molecule has 3 rings (SSSR count). The first-order valence-corrected chi connectivity index (χ1v) is 12.1. The molecule has 10 heteroatoms. The molecule has 33 heavy (non-hydrogen) atoms. The Kier molecular flexibility index (Phi) is 7.70. The molecule has 0 aromatic heterocycles. The normalized spacial score (nSPS) is 15.9. The van der Waals surface area contributed by atoms with Gasteiger partial charge in [-0.2, -0.15) is 0 Å². The third kappa shape index (κ3) is 5.89. The second-order valence-corrected chi connectivity index (χ2v) is 9.36. The fourth-order valence-electron chi connectivity index (χ4n) is 3.45. The van der Waals surface area contributed by atoms with Crippen molar-refractivity contribution >= 4 is 33.4 Å². The van der Waals surface area contributed by atoms with E-state index < -0.39 is 16.1 Å². The van der Waals surface area contributed by atoms with Crippen LogP contribution in [0.4, 0.5) is 5.69 Å². The molecule has 1 aliphatic rings. The minimum atomic E-state index is -3.70. The molecule has 2 amide bonds. The first-order valence-electron chi connectivity index (χ1n) is 10.6. The van der Waals surface area contributed by atoms with Crippen LogP contribution in [0.3, 0.4) is 0 Å². The molecule has 1 atom stereocenters. The van der Waals surface area contributed by atoms with E-state index in [4.69, 9.17) is 4.74 Å². The number of ether oxygens (including phenoxy) is 1. The number of amides is 2. The molecule has 0 aliphatic carbocycles. The topological polar surface area (TPSA) is 117 Å². The Balaban J connectivity index is 1.73. The van der Waals surface area contributed by atoms with Gasteiger partial charge in [0.25, 0.3) is 10.0 Å². The monoisotopic (exact) mass is 472 g/mol. The van der Waals surface area contributed by atoms with Gasteiger partial charge in [0, 0.05) is 18.3 Å². The number of anilines is 1. The van der Waals surface area contributed by atoms with E-state index in [1.807, 2.05) is 6.92 Å². The van der Waals surface area contributed by atoms with Crippen LogP contribution in [0.1, 0.15) is 31.7 Å². The number of amidine groups is 1. The number of fused-ring (bicyclic) bond motifs is 1. The van der Waals surface area contributed by atoms with Gasteiger partial charge in [-0.15, -0.1) is 0 Å². The number of hydrogen-bond acceptors (Lipinski definition) is 6. The van der Waals surface area contributed by atoms with Crippen molar-refractivity contribution in [1.29, 1.82) is 0 Å². The number of hydrogen-bond donors (Lipinski definition) is 2. The van der Waals surface area contributed by atoms with E-state index in [1.165, 1.54) is 18.0 Å². The van der Waals surface area contributed by atoms with Gasteiger partial charge < -0.3 is 15.0 Å². The van der Waals surface area contributed by atoms with Crippen molar-refractivity contribution in [2.45, 2.75) is 37.1 Å². The van der Waals surface area contributed by atoms with Crippen molar-refractivity contribution < 1.29 is 22.7 Å². The first-order chi connectivity index (χ1) is 15.7. The van der Waals surface area contributed by atoms with Gasteiger partial charge in [0.2, 0.25) is 11.8 Å². The second kappa shape index (κ2) is 10.5. The van der Waals surface area contributed by atoms with Gasteiger partial charge in [0.15, 0.2) is 0 Å². The Morgan fingerprint density at radius 1 is 1.15 bits per heavy atom. The number of nitrogens with one attached hydrogen (secondary N) is 2. The minimum absolute atomic E-state index is 0.137. The SMILES string of the molecule is CCCC[C@H](N=C1NS(=O)(=O)c2ccccc21)C(=O)N(C)CC(=O)Nc1ccc(OC)cc1. The molecule has 0 saturated heterocycles. The largest absolute Gasteiger partial charge is 0.497 e. The van der Waals surface area contributed by atoms with Crippen molar-refractivity contribution in [2.75, 3.05) is 26.0 Å². The third-order valence-corrected chi connectivity index (χ3v) is 6.59. The van der Waals surface area contributed by atoms with Gasteiger partial charge in [0.05, 0.1) is 18.6 Å². The number of unbranched alkanes of at least 4 members (excludes halogenated alkanes) is 1. The quantitative estimate of drug-likeness (QED) is 0.581. The average molecular weight is 473 g/mol. The van der Waals surface area contributed by atoms with Crippen LogP contribution in [0.15, 0.2) is 58.4 Å². The lowest BCUT2D eigenvalue weighted by atomic mass is 10.1. The number of benzene rings is 2. The van der Waals surface area contributed by atoms with Crippen LogP contribution in [0.25, 0.3) is 0 Å². The predicted molar refractivity (Wildman–Crippen MR) is 126 cm³/mol.